The van der Waals surface area contributed by atoms with Gasteiger partial charge >= 0.3 is 5.97 Å². The van der Waals surface area contributed by atoms with Crippen molar-refractivity contribution < 1.29 is 18.3 Å². The van der Waals surface area contributed by atoms with Crippen LogP contribution in [-0.2, 0) is 9.53 Å². The van der Waals surface area contributed by atoms with Gasteiger partial charge in [0, 0.05) is 0 Å². The average molecular weight is 320 g/mol. The molecule has 0 amide bonds. The highest BCUT2D eigenvalue weighted by molar-refractivity contribution is 6.34. The lowest BCUT2D eigenvalue weighted by molar-refractivity contribution is -0.129. The van der Waals surface area contributed by atoms with Gasteiger partial charge in [0.1, 0.15) is 0 Å². The number of hydrogen-bond acceptors (Lipinski definition) is 3. The van der Waals surface area contributed by atoms with E-state index in [1.165, 1.54) is 6.08 Å². The van der Waals surface area contributed by atoms with E-state index in [1.54, 1.807) is 12.1 Å². The summed E-state index contributed by atoms with van der Waals surface area (Å²) in [5, 5.41) is -0.0913. The molecular formula is C16H8ClF2NO2. The third kappa shape index (κ3) is 2.76. The third-order valence-corrected chi connectivity index (χ3v) is 3.28. The standard InChI is InChI=1S/C16H8ClF2NO2/c17-11-8-13(19)12(18)7-10(11)15-20-14(16(21)22-15)6-9-4-2-1-3-5-9/h1-8H/b14-6-. The maximum absolute atomic E-state index is 13.3. The fraction of sp³-hybridized carbons (Fsp3) is 0. The van der Waals surface area contributed by atoms with E-state index in [1.807, 2.05) is 18.2 Å². The van der Waals surface area contributed by atoms with Crippen LogP contribution in [-0.4, -0.2) is 11.9 Å². The zero-order valence-corrected chi connectivity index (χ0v) is 11.8. The summed E-state index contributed by atoms with van der Waals surface area (Å²) in [6.07, 6.45) is 1.53. The number of nitrogens with zero attached hydrogens (tertiary/aromatic N) is 1. The van der Waals surface area contributed by atoms with Gasteiger partial charge in [-0.2, -0.15) is 0 Å². The molecule has 1 aliphatic rings. The van der Waals surface area contributed by atoms with Gasteiger partial charge in [0.25, 0.3) is 0 Å². The predicted octanol–water partition coefficient (Wildman–Crippen LogP) is 3.96. The van der Waals surface area contributed by atoms with Crippen LogP contribution < -0.4 is 0 Å². The van der Waals surface area contributed by atoms with E-state index in [2.05, 4.69) is 4.99 Å². The Balaban J connectivity index is 2.00. The molecule has 0 radical (unpaired) electrons. The van der Waals surface area contributed by atoms with Crippen molar-refractivity contribution in [3.05, 3.63) is 75.9 Å². The summed E-state index contributed by atoms with van der Waals surface area (Å²) in [5.74, 6) is -3.02. The van der Waals surface area contributed by atoms with Crippen molar-refractivity contribution in [2.45, 2.75) is 0 Å². The minimum atomic E-state index is -1.10. The highest BCUT2D eigenvalue weighted by Crippen LogP contribution is 2.25. The SMILES string of the molecule is O=C1OC(c2cc(F)c(F)cc2Cl)=N/C1=C\c1ccccc1. The van der Waals surface area contributed by atoms with Crippen LogP contribution in [0.4, 0.5) is 8.78 Å². The lowest BCUT2D eigenvalue weighted by atomic mass is 10.2. The maximum Gasteiger partial charge on any atom is 0.363 e. The second kappa shape index (κ2) is 5.69. The summed E-state index contributed by atoms with van der Waals surface area (Å²) in [4.78, 5) is 15.8. The molecule has 6 heteroatoms. The van der Waals surface area contributed by atoms with Crippen molar-refractivity contribution in [2.75, 3.05) is 0 Å². The van der Waals surface area contributed by atoms with Gasteiger partial charge in [0.2, 0.25) is 5.90 Å². The number of esters is 1. The third-order valence-electron chi connectivity index (χ3n) is 2.96. The number of ether oxygens (including phenoxy) is 1. The summed E-state index contributed by atoms with van der Waals surface area (Å²) in [6, 6.07) is 10.7. The Kier molecular flexibility index (Phi) is 3.73. The maximum atomic E-state index is 13.3. The highest BCUT2D eigenvalue weighted by Gasteiger charge is 2.26. The summed E-state index contributed by atoms with van der Waals surface area (Å²) in [7, 11) is 0. The molecule has 0 aliphatic carbocycles. The average Bonchev–Trinajstić information content (AvgIpc) is 2.85. The minimum absolute atomic E-state index is 0.0189. The topological polar surface area (TPSA) is 38.7 Å². The molecule has 0 N–H and O–H groups in total. The molecule has 1 aliphatic heterocycles. The Morgan fingerprint density at radius 1 is 1.09 bits per heavy atom. The number of aliphatic imine (C=N–C) groups is 1. The second-order valence-corrected chi connectivity index (χ2v) is 4.90. The van der Waals surface area contributed by atoms with Crippen LogP contribution in [0.5, 0.6) is 0 Å². The lowest BCUT2D eigenvalue weighted by Gasteiger charge is -2.03. The normalized spacial score (nSPS) is 15.9. The quantitative estimate of drug-likeness (QED) is 0.477. The Labute approximate surface area is 129 Å². The van der Waals surface area contributed by atoms with Gasteiger partial charge in [0.05, 0.1) is 10.6 Å². The molecule has 110 valence electrons. The number of hydrogen-bond donors (Lipinski definition) is 0. The number of carbonyl (C=O) groups excluding carboxylic acids is 1. The predicted molar refractivity (Wildman–Crippen MR) is 78.4 cm³/mol. The molecule has 1 heterocycles. The van der Waals surface area contributed by atoms with E-state index >= 15 is 0 Å². The fourth-order valence-corrected chi connectivity index (χ4v) is 2.15. The molecule has 3 nitrogen and oxygen atoms in total. The van der Waals surface area contributed by atoms with Crippen LogP contribution in [0.3, 0.4) is 0 Å². The van der Waals surface area contributed by atoms with Gasteiger partial charge in [-0.25, -0.2) is 18.6 Å². The van der Waals surface area contributed by atoms with Crippen LogP contribution in [0.1, 0.15) is 11.1 Å². The monoisotopic (exact) mass is 319 g/mol. The molecule has 0 saturated carbocycles. The van der Waals surface area contributed by atoms with Crippen molar-refractivity contribution in [1.29, 1.82) is 0 Å². The smallest absolute Gasteiger partial charge is 0.363 e. The highest BCUT2D eigenvalue weighted by atomic mass is 35.5. The molecule has 3 rings (SSSR count). The van der Waals surface area contributed by atoms with E-state index in [-0.39, 0.29) is 22.2 Å². The van der Waals surface area contributed by atoms with Crippen LogP contribution in [0.15, 0.2) is 53.2 Å². The van der Waals surface area contributed by atoms with Gasteiger partial charge in [-0.3, -0.25) is 0 Å². The molecule has 2 aromatic carbocycles. The number of cyclic esters (lactones) is 1. The molecule has 0 fully saturated rings. The summed E-state index contributed by atoms with van der Waals surface area (Å²) in [6.45, 7) is 0. The van der Waals surface area contributed by atoms with Crippen LogP contribution in [0.2, 0.25) is 5.02 Å². The minimum Gasteiger partial charge on any atom is -0.402 e. The van der Waals surface area contributed by atoms with E-state index in [4.69, 9.17) is 16.3 Å². The van der Waals surface area contributed by atoms with Crippen LogP contribution in [0.25, 0.3) is 6.08 Å². The molecule has 0 atom stereocenters. The Morgan fingerprint density at radius 2 is 1.77 bits per heavy atom. The number of benzene rings is 2. The molecule has 0 unspecified atom stereocenters. The zero-order chi connectivity index (χ0) is 15.7. The van der Waals surface area contributed by atoms with Gasteiger partial charge < -0.3 is 4.74 Å². The molecular weight excluding hydrogens is 312 g/mol. The Morgan fingerprint density at radius 3 is 2.50 bits per heavy atom. The number of rotatable bonds is 2. The molecule has 0 bridgehead atoms. The van der Waals surface area contributed by atoms with Crippen molar-refractivity contribution in [2.24, 2.45) is 4.99 Å². The second-order valence-electron chi connectivity index (χ2n) is 4.49. The first-order valence-corrected chi connectivity index (χ1v) is 6.65. The van der Waals surface area contributed by atoms with Crippen molar-refractivity contribution >= 4 is 29.5 Å². The molecule has 0 spiro atoms. The summed E-state index contributed by atoms with van der Waals surface area (Å²) in [5.41, 5.74) is 0.836. The first-order valence-electron chi connectivity index (χ1n) is 6.27. The zero-order valence-electron chi connectivity index (χ0n) is 11.0. The van der Waals surface area contributed by atoms with Crippen molar-refractivity contribution in [3.8, 4) is 0 Å². The van der Waals surface area contributed by atoms with E-state index in [0.717, 1.165) is 17.7 Å². The first-order chi connectivity index (χ1) is 10.5. The molecule has 0 aromatic heterocycles. The van der Waals surface area contributed by atoms with Gasteiger partial charge in [-0.1, -0.05) is 41.9 Å². The molecule has 0 saturated heterocycles. The number of carbonyl (C=O) groups is 1. The summed E-state index contributed by atoms with van der Waals surface area (Å²) >= 11 is 5.84. The van der Waals surface area contributed by atoms with E-state index in [0.29, 0.717) is 0 Å². The Bertz CT molecular complexity index is 816. The molecule has 2 aromatic rings. The number of halogens is 3. The summed E-state index contributed by atoms with van der Waals surface area (Å²) < 4.78 is 31.4. The van der Waals surface area contributed by atoms with Crippen molar-refractivity contribution in [3.63, 3.8) is 0 Å². The van der Waals surface area contributed by atoms with Gasteiger partial charge in [-0.05, 0) is 23.8 Å². The van der Waals surface area contributed by atoms with Gasteiger partial charge in [-0.15, -0.1) is 0 Å². The molecule has 22 heavy (non-hydrogen) atoms. The van der Waals surface area contributed by atoms with E-state index < -0.39 is 17.6 Å². The first kappa shape index (κ1) is 14.4. The Hall–Kier alpha value is -2.53. The van der Waals surface area contributed by atoms with Crippen LogP contribution in [0, 0.1) is 11.6 Å². The fourth-order valence-electron chi connectivity index (χ4n) is 1.92. The van der Waals surface area contributed by atoms with Gasteiger partial charge in [0.15, 0.2) is 17.3 Å². The van der Waals surface area contributed by atoms with Crippen molar-refractivity contribution in [1.82, 2.24) is 0 Å². The van der Waals surface area contributed by atoms with E-state index in [9.17, 15) is 13.6 Å². The largest absolute Gasteiger partial charge is 0.402 e. The van der Waals surface area contributed by atoms with Crippen LogP contribution >= 0.6 is 11.6 Å². The lowest BCUT2D eigenvalue weighted by Crippen LogP contribution is -2.07.